The summed E-state index contributed by atoms with van der Waals surface area (Å²) in [5.41, 5.74) is 3.76. The number of hydrogen-bond donors (Lipinski definition) is 1. The number of ether oxygens (including phenoxy) is 1. The Morgan fingerprint density at radius 2 is 1.70 bits per heavy atom. The monoisotopic (exact) mass is 419 g/mol. The predicted molar refractivity (Wildman–Crippen MR) is 121 cm³/mol. The highest BCUT2D eigenvalue weighted by molar-refractivity contribution is 5.99. The zero-order valence-electron chi connectivity index (χ0n) is 20.2. The summed E-state index contributed by atoms with van der Waals surface area (Å²) >= 11 is 0. The van der Waals surface area contributed by atoms with E-state index < -0.39 is 6.23 Å². The molecule has 0 bridgehead atoms. The zero-order chi connectivity index (χ0) is 23.1. The van der Waals surface area contributed by atoms with Gasteiger partial charge in [0, 0.05) is 24.1 Å². The molecule has 2 rings (SSSR count). The lowest BCUT2D eigenvalue weighted by Crippen LogP contribution is -2.34. The Hall–Kier alpha value is -1.88. The SMILES string of the molecule is CC(=O)OC(C)(C)C.CCCCCc1cc2c(cc1CCC)C(=O)N(C(C)C)C2O. The van der Waals surface area contributed by atoms with E-state index in [-0.39, 0.29) is 23.5 Å². The van der Waals surface area contributed by atoms with Crippen LogP contribution < -0.4 is 0 Å². The topological polar surface area (TPSA) is 66.8 Å². The number of nitrogens with zero attached hydrogens (tertiary/aromatic N) is 1. The minimum absolute atomic E-state index is 0.00747. The van der Waals surface area contributed by atoms with Crippen molar-refractivity contribution in [2.75, 3.05) is 0 Å². The van der Waals surface area contributed by atoms with Gasteiger partial charge in [-0.05, 0) is 71.1 Å². The van der Waals surface area contributed by atoms with Crippen LogP contribution in [0, 0.1) is 0 Å². The van der Waals surface area contributed by atoms with Crippen molar-refractivity contribution in [3.63, 3.8) is 0 Å². The van der Waals surface area contributed by atoms with E-state index >= 15 is 0 Å². The van der Waals surface area contributed by atoms with Gasteiger partial charge in [-0.25, -0.2) is 0 Å². The van der Waals surface area contributed by atoms with Gasteiger partial charge in [-0.15, -0.1) is 0 Å². The van der Waals surface area contributed by atoms with E-state index in [0.29, 0.717) is 5.56 Å². The fraction of sp³-hybridized carbons (Fsp3) is 0.680. The van der Waals surface area contributed by atoms with Crippen molar-refractivity contribution >= 4 is 11.9 Å². The molecule has 5 heteroatoms. The predicted octanol–water partition coefficient (Wildman–Crippen LogP) is 5.57. The Morgan fingerprint density at radius 3 is 2.13 bits per heavy atom. The summed E-state index contributed by atoms with van der Waals surface area (Å²) in [6.45, 7) is 15.2. The summed E-state index contributed by atoms with van der Waals surface area (Å²) < 4.78 is 4.80. The third-order valence-corrected chi connectivity index (χ3v) is 4.95. The lowest BCUT2D eigenvalue weighted by molar-refractivity contribution is -0.151. The maximum Gasteiger partial charge on any atom is 0.303 e. The van der Waals surface area contributed by atoms with Crippen LogP contribution in [0.4, 0.5) is 0 Å². The molecule has 0 spiro atoms. The number of aryl methyl sites for hydroxylation is 2. The van der Waals surface area contributed by atoms with Crippen LogP contribution >= 0.6 is 0 Å². The molecular weight excluding hydrogens is 378 g/mol. The fourth-order valence-corrected chi connectivity index (χ4v) is 3.76. The van der Waals surface area contributed by atoms with Crippen molar-refractivity contribution in [2.45, 2.75) is 112 Å². The number of unbranched alkanes of at least 4 members (excludes halogenated alkanes) is 2. The Labute approximate surface area is 182 Å². The Kier molecular flexibility index (Phi) is 10.0. The Morgan fingerprint density at radius 1 is 1.10 bits per heavy atom. The molecule has 0 saturated carbocycles. The molecule has 0 radical (unpaired) electrons. The largest absolute Gasteiger partial charge is 0.460 e. The van der Waals surface area contributed by atoms with Crippen molar-refractivity contribution in [1.29, 1.82) is 0 Å². The van der Waals surface area contributed by atoms with Gasteiger partial charge in [0.25, 0.3) is 5.91 Å². The number of aliphatic hydroxyl groups excluding tert-OH is 1. The van der Waals surface area contributed by atoms with Crippen LogP contribution in [-0.4, -0.2) is 33.5 Å². The van der Waals surface area contributed by atoms with Crippen LogP contribution in [0.5, 0.6) is 0 Å². The van der Waals surface area contributed by atoms with E-state index in [2.05, 4.69) is 19.9 Å². The second kappa shape index (κ2) is 11.5. The third kappa shape index (κ3) is 7.42. The van der Waals surface area contributed by atoms with Crippen molar-refractivity contribution in [3.8, 4) is 0 Å². The number of amides is 1. The summed E-state index contributed by atoms with van der Waals surface area (Å²) in [6.07, 6.45) is 5.93. The van der Waals surface area contributed by atoms with Gasteiger partial charge in [0.15, 0.2) is 6.23 Å². The van der Waals surface area contributed by atoms with Crippen molar-refractivity contribution < 1.29 is 19.4 Å². The van der Waals surface area contributed by atoms with Crippen molar-refractivity contribution in [2.24, 2.45) is 0 Å². The van der Waals surface area contributed by atoms with Crippen LogP contribution in [-0.2, 0) is 22.4 Å². The first kappa shape index (κ1) is 26.2. The van der Waals surface area contributed by atoms with E-state index in [0.717, 1.165) is 24.8 Å². The van der Waals surface area contributed by atoms with Gasteiger partial charge in [0.1, 0.15) is 5.60 Å². The van der Waals surface area contributed by atoms with Crippen LogP contribution in [0.25, 0.3) is 0 Å². The summed E-state index contributed by atoms with van der Waals surface area (Å²) in [5, 5.41) is 10.5. The molecule has 1 aromatic carbocycles. The Balaban J connectivity index is 0.000000479. The van der Waals surface area contributed by atoms with Crippen LogP contribution in [0.1, 0.15) is 114 Å². The van der Waals surface area contributed by atoms with Gasteiger partial charge in [0.2, 0.25) is 0 Å². The minimum atomic E-state index is -0.789. The molecule has 1 amide bonds. The molecule has 0 fully saturated rings. The zero-order valence-corrected chi connectivity index (χ0v) is 20.2. The van der Waals surface area contributed by atoms with Gasteiger partial charge in [-0.3, -0.25) is 9.59 Å². The molecule has 1 heterocycles. The molecule has 1 aliphatic heterocycles. The average Bonchev–Trinajstić information content (AvgIpc) is 2.84. The lowest BCUT2D eigenvalue weighted by atomic mass is 9.93. The molecule has 0 aliphatic carbocycles. The quantitative estimate of drug-likeness (QED) is 0.463. The number of hydrogen-bond acceptors (Lipinski definition) is 4. The van der Waals surface area contributed by atoms with Gasteiger partial charge in [-0.1, -0.05) is 39.2 Å². The molecule has 1 N–H and O–H groups in total. The molecule has 1 aliphatic rings. The van der Waals surface area contributed by atoms with E-state index in [9.17, 15) is 14.7 Å². The number of esters is 1. The molecule has 1 unspecified atom stereocenters. The molecule has 5 nitrogen and oxygen atoms in total. The van der Waals surface area contributed by atoms with Gasteiger partial charge in [0.05, 0.1) is 0 Å². The molecule has 170 valence electrons. The molecular formula is C25H41NO4. The summed E-state index contributed by atoms with van der Waals surface area (Å²) in [6, 6.07) is 4.13. The van der Waals surface area contributed by atoms with E-state index in [1.165, 1.54) is 37.3 Å². The lowest BCUT2D eigenvalue weighted by Gasteiger charge is -2.24. The maximum absolute atomic E-state index is 12.5. The highest BCUT2D eigenvalue weighted by Gasteiger charge is 2.37. The van der Waals surface area contributed by atoms with E-state index in [1.807, 2.05) is 40.7 Å². The maximum atomic E-state index is 12.5. The standard InChI is InChI=1S/C19H29NO2.C6H12O2/c1-5-7-8-10-15-12-17-16(11-14(15)9-6-2)18(21)20(13(3)4)19(17)22;1-5(7)8-6(2,3)4/h11-13,19,22H,5-10H2,1-4H3;1-4H3. The first-order valence-electron chi connectivity index (χ1n) is 11.3. The van der Waals surface area contributed by atoms with E-state index in [4.69, 9.17) is 4.74 Å². The minimum Gasteiger partial charge on any atom is -0.460 e. The highest BCUT2D eigenvalue weighted by atomic mass is 16.6. The number of carbonyl (C=O) groups is 2. The molecule has 1 atom stereocenters. The Bertz CT molecular complexity index is 719. The van der Waals surface area contributed by atoms with Gasteiger partial charge in [-0.2, -0.15) is 0 Å². The molecule has 30 heavy (non-hydrogen) atoms. The smallest absolute Gasteiger partial charge is 0.303 e. The second-order valence-corrected chi connectivity index (χ2v) is 9.30. The number of rotatable bonds is 7. The number of aliphatic hydroxyl groups is 1. The first-order valence-corrected chi connectivity index (χ1v) is 11.3. The fourth-order valence-electron chi connectivity index (χ4n) is 3.76. The summed E-state index contributed by atoms with van der Waals surface area (Å²) in [7, 11) is 0. The molecule has 0 saturated heterocycles. The van der Waals surface area contributed by atoms with Crippen LogP contribution in [0.15, 0.2) is 12.1 Å². The molecule has 1 aromatic rings. The van der Waals surface area contributed by atoms with Crippen LogP contribution in [0.3, 0.4) is 0 Å². The third-order valence-electron chi connectivity index (χ3n) is 4.95. The summed E-state index contributed by atoms with van der Waals surface area (Å²) in [5.74, 6) is -0.257. The van der Waals surface area contributed by atoms with Gasteiger partial charge >= 0.3 is 5.97 Å². The second-order valence-electron chi connectivity index (χ2n) is 9.30. The normalized spacial score (nSPS) is 15.7. The van der Waals surface area contributed by atoms with Crippen molar-refractivity contribution in [1.82, 2.24) is 4.90 Å². The first-order chi connectivity index (χ1) is 13.9. The van der Waals surface area contributed by atoms with Gasteiger partial charge < -0.3 is 14.7 Å². The van der Waals surface area contributed by atoms with Crippen molar-refractivity contribution in [3.05, 3.63) is 34.4 Å². The molecule has 0 aromatic heterocycles. The number of benzene rings is 1. The number of carbonyl (C=O) groups excluding carboxylic acids is 2. The highest BCUT2D eigenvalue weighted by Crippen LogP contribution is 2.35. The van der Waals surface area contributed by atoms with E-state index in [1.54, 1.807) is 4.90 Å². The summed E-state index contributed by atoms with van der Waals surface area (Å²) in [4.78, 5) is 24.4. The average molecular weight is 420 g/mol. The number of fused-ring (bicyclic) bond motifs is 1. The van der Waals surface area contributed by atoms with Crippen LogP contribution in [0.2, 0.25) is 0 Å².